The Morgan fingerprint density at radius 2 is 1.61 bits per heavy atom. The molecule has 0 saturated carbocycles. The number of hydrogen-bond donors (Lipinski definition) is 1. The second-order valence-corrected chi connectivity index (χ2v) is 9.55. The van der Waals surface area contributed by atoms with Gasteiger partial charge in [-0.2, -0.15) is 39.5 Å². The number of piperidine rings is 1. The number of hydrogen-bond acceptors (Lipinski definition) is 4. The Hall–Kier alpha value is -3.39. The van der Waals surface area contributed by atoms with Crippen molar-refractivity contribution in [3.8, 4) is 0 Å². The Balaban J connectivity index is 1.89. The van der Waals surface area contributed by atoms with Gasteiger partial charge >= 0.3 is 18.5 Å². The summed E-state index contributed by atoms with van der Waals surface area (Å²) in [7, 11) is 0.679. The van der Waals surface area contributed by atoms with Crippen LogP contribution in [0.5, 0.6) is 0 Å². The quantitative estimate of drug-likeness (QED) is 0.331. The molecular weight excluding hydrogens is 571 g/mol. The molecule has 14 heteroatoms. The zero-order valence-electron chi connectivity index (χ0n) is 21.2. The van der Waals surface area contributed by atoms with Gasteiger partial charge in [0.25, 0.3) is 11.5 Å². The van der Waals surface area contributed by atoms with Gasteiger partial charge in [0.15, 0.2) is 0 Å². The van der Waals surface area contributed by atoms with Crippen LogP contribution in [0.3, 0.4) is 0 Å². The number of methoxy groups -OCH3 is 1. The molecule has 1 fully saturated rings. The van der Waals surface area contributed by atoms with Crippen LogP contribution >= 0.6 is 0 Å². The molecule has 4 rings (SSSR count). The van der Waals surface area contributed by atoms with Crippen molar-refractivity contribution in [2.24, 2.45) is 0 Å². The minimum atomic E-state index is -5.30. The maximum Gasteiger partial charge on any atom is 0.433 e. The average Bonchev–Trinajstić information content (AvgIpc) is 2.91. The van der Waals surface area contributed by atoms with E-state index in [2.05, 4.69) is 4.98 Å². The van der Waals surface area contributed by atoms with Crippen LogP contribution in [0.4, 0.5) is 39.5 Å². The van der Waals surface area contributed by atoms with Gasteiger partial charge in [0.1, 0.15) is 11.8 Å². The van der Waals surface area contributed by atoms with Crippen molar-refractivity contribution in [2.75, 3.05) is 13.7 Å². The van der Waals surface area contributed by atoms with Crippen LogP contribution in [-0.2, 0) is 27.5 Å². The van der Waals surface area contributed by atoms with E-state index in [-0.39, 0.29) is 25.8 Å². The Labute approximate surface area is 227 Å². The fraction of sp³-hybridized carbons (Fsp3) is 0.407. The summed E-state index contributed by atoms with van der Waals surface area (Å²) in [5, 5.41) is 10.9. The standard InChI is InChI=1S/C27H23F9N2O3/c1-41-24(27(34,35)36,15-8-3-2-4-9-15)23(40)38-13-6-5-12-19(38)22(39)17-14-20(26(31,32)33)37-21-16(17)10-7-11-18(21)25(28,29)30/h2-4,7-11,14,19,22,39H,5-6,12-13H2,1H3/t19-,22+,24+/m0/s1. The second-order valence-electron chi connectivity index (χ2n) is 9.55. The molecule has 2 heterocycles. The topological polar surface area (TPSA) is 62.7 Å². The van der Waals surface area contributed by atoms with Crippen molar-refractivity contribution in [1.29, 1.82) is 0 Å². The summed E-state index contributed by atoms with van der Waals surface area (Å²) in [4.78, 5) is 17.6. The number of likely N-dealkylation sites (tertiary alicyclic amines) is 1. The van der Waals surface area contributed by atoms with E-state index in [0.717, 1.165) is 24.3 Å². The first kappa shape index (κ1) is 30.6. The Kier molecular flexibility index (Phi) is 8.04. The number of aliphatic hydroxyl groups is 1. The van der Waals surface area contributed by atoms with E-state index in [9.17, 15) is 49.4 Å². The molecule has 1 aliphatic rings. The maximum absolute atomic E-state index is 14.6. The van der Waals surface area contributed by atoms with Gasteiger partial charge in [0.05, 0.1) is 17.1 Å². The van der Waals surface area contributed by atoms with Crippen LogP contribution in [0.25, 0.3) is 10.9 Å². The SMILES string of the molecule is CO[C@@](C(=O)N1CCCC[C@H]1[C@H](O)c1cc(C(F)(F)F)nc2c(C(F)(F)F)cccc12)(c1ccccc1)C(F)(F)F. The predicted octanol–water partition coefficient (Wildman–Crippen LogP) is 6.79. The zero-order valence-corrected chi connectivity index (χ0v) is 21.2. The smallest absolute Gasteiger partial charge is 0.386 e. The molecule has 0 unspecified atom stereocenters. The molecule has 1 aliphatic heterocycles. The number of nitrogens with zero attached hydrogens (tertiary/aromatic N) is 2. The van der Waals surface area contributed by atoms with Gasteiger partial charge in [0, 0.05) is 24.6 Å². The number of aromatic nitrogens is 1. The third-order valence-electron chi connectivity index (χ3n) is 7.15. The van der Waals surface area contributed by atoms with Gasteiger partial charge in [-0.1, -0.05) is 42.5 Å². The predicted molar refractivity (Wildman–Crippen MR) is 127 cm³/mol. The lowest BCUT2D eigenvalue weighted by Crippen LogP contribution is -2.60. The van der Waals surface area contributed by atoms with Crippen LogP contribution < -0.4 is 0 Å². The lowest BCUT2D eigenvalue weighted by Gasteiger charge is -2.44. The summed E-state index contributed by atoms with van der Waals surface area (Å²) < 4.78 is 131. The molecule has 0 bridgehead atoms. The summed E-state index contributed by atoms with van der Waals surface area (Å²) in [6.07, 6.45) is -17.4. The number of halogens is 9. The molecule has 1 saturated heterocycles. The molecule has 1 aromatic heterocycles. The third-order valence-corrected chi connectivity index (χ3v) is 7.15. The molecule has 0 radical (unpaired) electrons. The van der Waals surface area contributed by atoms with E-state index >= 15 is 0 Å². The van der Waals surface area contributed by atoms with E-state index in [1.165, 1.54) is 18.2 Å². The van der Waals surface area contributed by atoms with Gasteiger partial charge in [-0.05, 0) is 37.0 Å². The van der Waals surface area contributed by atoms with Crippen molar-refractivity contribution >= 4 is 16.8 Å². The van der Waals surface area contributed by atoms with Crippen LogP contribution in [0.1, 0.15) is 47.8 Å². The fourth-order valence-corrected chi connectivity index (χ4v) is 5.24. The molecule has 1 amide bonds. The van der Waals surface area contributed by atoms with Crippen LogP contribution in [-0.4, -0.2) is 46.8 Å². The minimum absolute atomic E-state index is 0.149. The number of amides is 1. The molecule has 41 heavy (non-hydrogen) atoms. The molecule has 3 atom stereocenters. The Bertz CT molecular complexity index is 1410. The maximum atomic E-state index is 14.6. The van der Waals surface area contributed by atoms with Gasteiger partial charge in [-0.15, -0.1) is 0 Å². The first-order valence-electron chi connectivity index (χ1n) is 12.3. The number of carbonyl (C=O) groups excluding carboxylic acids is 1. The molecule has 5 nitrogen and oxygen atoms in total. The summed E-state index contributed by atoms with van der Waals surface area (Å²) >= 11 is 0. The highest BCUT2D eigenvalue weighted by molar-refractivity contribution is 5.89. The van der Waals surface area contributed by atoms with E-state index < -0.39 is 75.5 Å². The first-order chi connectivity index (χ1) is 19.0. The average molecular weight is 594 g/mol. The highest BCUT2D eigenvalue weighted by Gasteiger charge is 2.64. The van der Waals surface area contributed by atoms with Gasteiger partial charge in [0.2, 0.25) is 0 Å². The number of ether oxygens (including phenoxy) is 1. The number of aliphatic hydroxyl groups excluding tert-OH is 1. The van der Waals surface area contributed by atoms with Crippen molar-refractivity contribution in [3.63, 3.8) is 0 Å². The number of pyridine rings is 1. The van der Waals surface area contributed by atoms with E-state index in [4.69, 9.17) is 4.74 Å². The Morgan fingerprint density at radius 3 is 2.17 bits per heavy atom. The zero-order chi connectivity index (χ0) is 30.4. The second kappa shape index (κ2) is 10.8. The summed E-state index contributed by atoms with van der Waals surface area (Å²) in [5.74, 6) is -1.62. The Morgan fingerprint density at radius 1 is 0.951 bits per heavy atom. The summed E-state index contributed by atoms with van der Waals surface area (Å²) in [6.45, 7) is -0.322. The summed E-state index contributed by atoms with van der Waals surface area (Å²) in [5.41, 5.74) is -9.08. The number of para-hydroxylation sites is 1. The lowest BCUT2D eigenvalue weighted by molar-refractivity contribution is -0.272. The van der Waals surface area contributed by atoms with Gasteiger partial charge in [-0.3, -0.25) is 4.79 Å². The van der Waals surface area contributed by atoms with Crippen molar-refractivity contribution in [3.05, 3.63) is 77.0 Å². The van der Waals surface area contributed by atoms with Crippen molar-refractivity contribution in [1.82, 2.24) is 9.88 Å². The normalized spacial score (nSPS) is 19.2. The largest absolute Gasteiger partial charge is 0.433 e. The van der Waals surface area contributed by atoms with Crippen molar-refractivity contribution in [2.45, 2.75) is 55.5 Å². The van der Waals surface area contributed by atoms with Gasteiger partial charge < -0.3 is 14.7 Å². The number of carbonyl (C=O) groups is 1. The summed E-state index contributed by atoms with van der Waals surface area (Å²) in [6, 6.07) is 7.25. The monoisotopic (exact) mass is 594 g/mol. The molecular formula is C27H23F9N2O3. The lowest BCUT2D eigenvalue weighted by atomic mass is 9.86. The molecule has 222 valence electrons. The number of rotatable bonds is 5. The fourth-order valence-electron chi connectivity index (χ4n) is 5.24. The molecule has 3 aromatic rings. The highest BCUT2D eigenvalue weighted by atomic mass is 19.4. The molecule has 0 spiro atoms. The number of benzene rings is 2. The third kappa shape index (κ3) is 5.46. The van der Waals surface area contributed by atoms with Crippen molar-refractivity contribution < 1.29 is 54.2 Å². The molecule has 1 N–H and O–H groups in total. The number of fused-ring (bicyclic) bond motifs is 1. The van der Waals surface area contributed by atoms with E-state index in [1.807, 2.05) is 0 Å². The van der Waals surface area contributed by atoms with Crippen LogP contribution in [0.15, 0.2) is 54.6 Å². The van der Waals surface area contributed by atoms with Crippen LogP contribution in [0, 0.1) is 0 Å². The highest BCUT2D eigenvalue weighted by Crippen LogP contribution is 2.46. The van der Waals surface area contributed by atoms with Crippen LogP contribution in [0.2, 0.25) is 0 Å². The van der Waals surface area contributed by atoms with E-state index in [0.29, 0.717) is 24.1 Å². The number of alkyl halides is 9. The van der Waals surface area contributed by atoms with Gasteiger partial charge in [-0.25, -0.2) is 4.98 Å². The molecule has 0 aliphatic carbocycles. The molecule has 2 aromatic carbocycles. The first-order valence-corrected chi connectivity index (χ1v) is 12.3. The minimum Gasteiger partial charge on any atom is -0.386 e. The van der Waals surface area contributed by atoms with E-state index in [1.54, 1.807) is 0 Å².